The van der Waals surface area contributed by atoms with E-state index in [9.17, 15) is 4.79 Å². The van der Waals surface area contributed by atoms with Gasteiger partial charge in [0.15, 0.2) is 6.10 Å². The molecule has 1 aromatic carbocycles. The molecule has 1 amide bonds. The number of nitrogens with two attached hydrogens (primary N) is 1. The third-order valence-electron chi connectivity index (χ3n) is 4.03. The quantitative estimate of drug-likeness (QED) is 0.890. The lowest BCUT2D eigenvalue weighted by molar-refractivity contribution is -0.139. The number of amides is 1. The van der Waals surface area contributed by atoms with Crippen molar-refractivity contribution >= 4 is 29.9 Å². The van der Waals surface area contributed by atoms with Crippen LogP contribution >= 0.6 is 24.0 Å². The van der Waals surface area contributed by atoms with Gasteiger partial charge in [-0.3, -0.25) is 4.79 Å². The van der Waals surface area contributed by atoms with Crippen molar-refractivity contribution in [1.29, 1.82) is 0 Å². The molecule has 1 saturated heterocycles. The molecule has 1 aromatic rings. The number of ether oxygens (including phenoxy) is 1. The molecule has 2 N–H and O–H groups in total. The number of rotatable bonds is 5. The zero-order valence-corrected chi connectivity index (χ0v) is 14.6. The Bertz CT molecular complexity index is 499. The SMILES string of the molecule is CCC(Oc1ccccc1Cl)C(=O)N1CC(CN)CC1C.Cl. The second-order valence-electron chi connectivity index (χ2n) is 5.62. The van der Waals surface area contributed by atoms with Crippen molar-refractivity contribution < 1.29 is 9.53 Å². The molecule has 3 unspecified atom stereocenters. The van der Waals surface area contributed by atoms with Crippen molar-refractivity contribution in [2.24, 2.45) is 11.7 Å². The number of hydrogen-bond acceptors (Lipinski definition) is 3. The fraction of sp³-hybridized carbons (Fsp3) is 0.562. The number of carbonyl (C=O) groups is 1. The summed E-state index contributed by atoms with van der Waals surface area (Å²) in [5.74, 6) is 0.976. The molecule has 0 aromatic heterocycles. The second-order valence-corrected chi connectivity index (χ2v) is 6.03. The van der Waals surface area contributed by atoms with Crippen LogP contribution in [0.4, 0.5) is 0 Å². The van der Waals surface area contributed by atoms with Crippen LogP contribution in [0.3, 0.4) is 0 Å². The van der Waals surface area contributed by atoms with E-state index in [4.69, 9.17) is 22.1 Å². The van der Waals surface area contributed by atoms with Crippen molar-refractivity contribution in [1.82, 2.24) is 4.90 Å². The number of hydrogen-bond donors (Lipinski definition) is 1. The summed E-state index contributed by atoms with van der Waals surface area (Å²) in [6.07, 6.45) is 1.08. The summed E-state index contributed by atoms with van der Waals surface area (Å²) < 4.78 is 5.83. The minimum Gasteiger partial charge on any atom is -0.479 e. The van der Waals surface area contributed by atoms with Gasteiger partial charge in [0, 0.05) is 12.6 Å². The molecular formula is C16H24Cl2N2O2. The number of nitrogens with zero attached hydrogens (tertiary/aromatic N) is 1. The molecule has 0 bridgehead atoms. The minimum atomic E-state index is -0.496. The van der Waals surface area contributed by atoms with Gasteiger partial charge < -0.3 is 15.4 Å². The number of para-hydroxylation sites is 1. The zero-order valence-electron chi connectivity index (χ0n) is 13.0. The van der Waals surface area contributed by atoms with Crippen LogP contribution < -0.4 is 10.5 Å². The van der Waals surface area contributed by atoms with E-state index in [-0.39, 0.29) is 24.4 Å². The maximum Gasteiger partial charge on any atom is 0.263 e. The van der Waals surface area contributed by atoms with Crippen molar-refractivity contribution in [2.45, 2.75) is 38.8 Å². The Hall–Kier alpha value is -0.970. The third-order valence-corrected chi connectivity index (χ3v) is 4.34. The van der Waals surface area contributed by atoms with Crippen molar-refractivity contribution in [3.8, 4) is 5.75 Å². The van der Waals surface area contributed by atoms with Crippen LogP contribution in [0.15, 0.2) is 24.3 Å². The first-order chi connectivity index (χ1) is 10.1. The maximum atomic E-state index is 12.7. The number of halogens is 2. The summed E-state index contributed by atoms with van der Waals surface area (Å²) in [6.45, 7) is 5.35. The van der Waals surface area contributed by atoms with E-state index in [0.717, 1.165) is 13.0 Å². The molecule has 0 spiro atoms. The van der Waals surface area contributed by atoms with Gasteiger partial charge in [0.2, 0.25) is 0 Å². The van der Waals surface area contributed by atoms with Gasteiger partial charge >= 0.3 is 0 Å². The second kappa shape index (κ2) is 8.61. The number of likely N-dealkylation sites (tertiary alicyclic amines) is 1. The van der Waals surface area contributed by atoms with Crippen LogP contribution in [0, 0.1) is 5.92 Å². The maximum absolute atomic E-state index is 12.7. The van der Waals surface area contributed by atoms with Crippen LogP contribution in [-0.4, -0.2) is 36.0 Å². The summed E-state index contributed by atoms with van der Waals surface area (Å²) in [5.41, 5.74) is 5.72. The summed E-state index contributed by atoms with van der Waals surface area (Å²) in [5, 5.41) is 0.526. The van der Waals surface area contributed by atoms with E-state index in [0.29, 0.717) is 29.7 Å². The van der Waals surface area contributed by atoms with Gasteiger partial charge in [-0.15, -0.1) is 12.4 Å². The average Bonchev–Trinajstić information content (AvgIpc) is 2.87. The van der Waals surface area contributed by atoms with Crippen LogP contribution in [0.2, 0.25) is 5.02 Å². The van der Waals surface area contributed by atoms with Gasteiger partial charge in [0.05, 0.1) is 5.02 Å². The standard InChI is InChI=1S/C16H23ClN2O2.ClH/c1-3-14(21-15-7-5-4-6-13(15)17)16(20)19-10-12(9-18)8-11(19)2;/h4-7,11-12,14H,3,8-10,18H2,1-2H3;1H. The van der Waals surface area contributed by atoms with Gasteiger partial charge in [-0.1, -0.05) is 30.7 Å². The van der Waals surface area contributed by atoms with E-state index in [2.05, 4.69) is 6.92 Å². The van der Waals surface area contributed by atoms with E-state index in [1.54, 1.807) is 12.1 Å². The molecule has 1 fully saturated rings. The summed E-state index contributed by atoms with van der Waals surface area (Å²) in [7, 11) is 0. The Morgan fingerprint density at radius 2 is 2.18 bits per heavy atom. The lowest BCUT2D eigenvalue weighted by atomic mass is 10.1. The Labute approximate surface area is 143 Å². The van der Waals surface area contributed by atoms with E-state index in [1.165, 1.54) is 0 Å². The van der Waals surface area contributed by atoms with Crippen molar-refractivity contribution in [3.63, 3.8) is 0 Å². The Kier molecular flexibility index (Phi) is 7.46. The molecule has 0 saturated carbocycles. The Balaban J connectivity index is 0.00000242. The first kappa shape index (κ1) is 19.1. The van der Waals surface area contributed by atoms with Crippen LogP contribution in [0.1, 0.15) is 26.7 Å². The Morgan fingerprint density at radius 1 is 1.50 bits per heavy atom. The van der Waals surface area contributed by atoms with Crippen LogP contribution in [0.5, 0.6) is 5.75 Å². The number of carbonyl (C=O) groups excluding carboxylic acids is 1. The molecule has 1 aliphatic rings. The largest absolute Gasteiger partial charge is 0.479 e. The van der Waals surface area contributed by atoms with Crippen molar-refractivity contribution in [3.05, 3.63) is 29.3 Å². The number of benzene rings is 1. The predicted molar refractivity (Wildman–Crippen MR) is 91.7 cm³/mol. The molecule has 1 heterocycles. The molecule has 0 aliphatic carbocycles. The predicted octanol–water partition coefficient (Wildman–Crippen LogP) is 3.11. The van der Waals surface area contributed by atoms with Gasteiger partial charge in [-0.05, 0) is 44.4 Å². The first-order valence-corrected chi connectivity index (χ1v) is 7.86. The summed E-state index contributed by atoms with van der Waals surface area (Å²) in [4.78, 5) is 14.6. The molecule has 6 heteroatoms. The van der Waals surface area contributed by atoms with Gasteiger partial charge in [0.25, 0.3) is 5.91 Å². The lowest BCUT2D eigenvalue weighted by Gasteiger charge is -2.27. The van der Waals surface area contributed by atoms with E-state index < -0.39 is 6.10 Å². The highest BCUT2D eigenvalue weighted by atomic mass is 35.5. The third kappa shape index (κ3) is 4.28. The first-order valence-electron chi connectivity index (χ1n) is 7.48. The highest BCUT2D eigenvalue weighted by Crippen LogP contribution is 2.27. The van der Waals surface area contributed by atoms with Gasteiger partial charge in [-0.2, -0.15) is 0 Å². The molecule has 124 valence electrons. The smallest absolute Gasteiger partial charge is 0.263 e. The molecule has 3 atom stereocenters. The average molecular weight is 347 g/mol. The normalized spacial score (nSPS) is 22.1. The Morgan fingerprint density at radius 3 is 2.73 bits per heavy atom. The van der Waals surface area contributed by atoms with Gasteiger partial charge in [0.1, 0.15) is 5.75 Å². The molecule has 0 radical (unpaired) electrons. The molecular weight excluding hydrogens is 323 g/mol. The monoisotopic (exact) mass is 346 g/mol. The van der Waals surface area contributed by atoms with Crippen LogP contribution in [0.25, 0.3) is 0 Å². The van der Waals surface area contributed by atoms with Gasteiger partial charge in [-0.25, -0.2) is 0 Å². The molecule has 4 nitrogen and oxygen atoms in total. The zero-order chi connectivity index (χ0) is 15.4. The lowest BCUT2D eigenvalue weighted by Crippen LogP contribution is -2.43. The molecule has 22 heavy (non-hydrogen) atoms. The summed E-state index contributed by atoms with van der Waals surface area (Å²) >= 11 is 6.10. The fourth-order valence-corrected chi connectivity index (χ4v) is 2.99. The topological polar surface area (TPSA) is 55.6 Å². The summed E-state index contributed by atoms with van der Waals surface area (Å²) in [6, 6.07) is 7.45. The minimum absolute atomic E-state index is 0. The van der Waals surface area contributed by atoms with E-state index in [1.807, 2.05) is 24.0 Å². The fourth-order valence-electron chi connectivity index (χ4n) is 2.81. The molecule has 1 aliphatic heterocycles. The van der Waals surface area contributed by atoms with Crippen LogP contribution in [-0.2, 0) is 4.79 Å². The molecule has 2 rings (SSSR count). The highest BCUT2D eigenvalue weighted by molar-refractivity contribution is 6.32. The highest BCUT2D eigenvalue weighted by Gasteiger charge is 2.35. The van der Waals surface area contributed by atoms with E-state index >= 15 is 0 Å². The van der Waals surface area contributed by atoms with Crippen molar-refractivity contribution in [2.75, 3.05) is 13.1 Å².